The van der Waals surface area contributed by atoms with Crippen molar-refractivity contribution < 1.29 is 13.2 Å². The molecule has 1 aliphatic rings. The lowest BCUT2D eigenvalue weighted by Crippen LogP contribution is -2.38. The average molecular weight is 364 g/mol. The van der Waals surface area contributed by atoms with Crippen molar-refractivity contribution in [2.45, 2.75) is 19.4 Å². The molecule has 0 fully saturated rings. The van der Waals surface area contributed by atoms with E-state index in [1.54, 1.807) is 10.4 Å². The molecule has 3 rings (SSSR count). The van der Waals surface area contributed by atoms with E-state index in [1.165, 1.54) is 16.9 Å². The van der Waals surface area contributed by atoms with E-state index < -0.39 is 10.0 Å². The van der Waals surface area contributed by atoms with Crippen LogP contribution in [0.25, 0.3) is 0 Å². The van der Waals surface area contributed by atoms with E-state index >= 15 is 0 Å². The molecule has 0 saturated heterocycles. The fourth-order valence-corrected chi connectivity index (χ4v) is 4.90. The zero-order valence-electron chi connectivity index (χ0n) is 13.3. The SMILES string of the molecule is O=C(NCCCS(=O)(=O)N1CCc2ccccc2C1)c1cccs1. The maximum absolute atomic E-state index is 12.5. The Hall–Kier alpha value is -1.70. The lowest BCUT2D eigenvalue weighted by Gasteiger charge is -2.28. The number of amides is 1. The smallest absolute Gasteiger partial charge is 0.261 e. The standard InChI is InChI=1S/C17H20N2O3S2/c20-17(16-7-3-11-23-16)18-9-4-12-24(21,22)19-10-8-14-5-1-2-6-15(14)13-19/h1-3,5-7,11H,4,8-10,12-13H2,(H,18,20). The average Bonchev–Trinajstić information content (AvgIpc) is 3.13. The fraction of sp³-hybridized carbons (Fsp3) is 0.353. The Morgan fingerprint density at radius 2 is 1.96 bits per heavy atom. The predicted molar refractivity (Wildman–Crippen MR) is 95.6 cm³/mol. The van der Waals surface area contributed by atoms with E-state index in [1.807, 2.05) is 29.6 Å². The highest BCUT2D eigenvalue weighted by Crippen LogP contribution is 2.21. The van der Waals surface area contributed by atoms with Crippen LogP contribution in [-0.4, -0.2) is 37.5 Å². The van der Waals surface area contributed by atoms with Crippen molar-refractivity contribution in [3.05, 3.63) is 57.8 Å². The molecule has 128 valence electrons. The van der Waals surface area contributed by atoms with Crippen LogP contribution in [0.15, 0.2) is 41.8 Å². The van der Waals surface area contributed by atoms with Gasteiger partial charge in [0.25, 0.3) is 5.91 Å². The Bertz CT molecular complexity index is 801. The van der Waals surface area contributed by atoms with Crippen molar-refractivity contribution in [3.8, 4) is 0 Å². The van der Waals surface area contributed by atoms with Gasteiger partial charge in [-0.05, 0) is 35.4 Å². The molecule has 1 amide bonds. The van der Waals surface area contributed by atoms with Crippen LogP contribution in [0.3, 0.4) is 0 Å². The van der Waals surface area contributed by atoms with Crippen LogP contribution in [0, 0.1) is 0 Å². The number of nitrogens with zero attached hydrogens (tertiary/aromatic N) is 1. The minimum Gasteiger partial charge on any atom is -0.351 e. The summed E-state index contributed by atoms with van der Waals surface area (Å²) in [6.07, 6.45) is 1.17. The summed E-state index contributed by atoms with van der Waals surface area (Å²) < 4.78 is 26.5. The van der Waals surface area contributed by atoms with Gasteiger partial charge in [-0.15, -0.1) is 11.3 Å². The number of sulfonamides is 1. The number of thiophene rings is 1. The van der Waals surface area contributed by atoms with Crippen molar-refractivity contribution in [1.29, 1.82) is 0 Å². The maximum atomic E-state index is 12.5. The Balaban J connectivity index is 1.49. The highest BCUT2D eigenvalue weighted by Gasteiger charge is 2.26. The molecule has 1 aliphatic heterocycles. The lowest BCUT2D eigenvalue weighted by molar-refractivity contribution is 0.0957. The summed E-state index contributed by atoms with van der Waals surface area (Å²) in [5, 5.41) is 4.61. The molecule has 0 atom stereocenters. The zero-order valence-corrected chi connectivity index (χ0v) is 14.9. The number of fused-ring (bicyclic) bond motifs is 1. The molecule has 1 aromatic carbocycles. The van der Waals surface area contributed by atoms with Crippen molar-refractivity contribution in [2.75, 3.05) is 18.8 Å². The summed E-state index contributed by atoms with van der Waals surface area (Å²) >= 11 is 1.37. The second kappa shape index (κ2) is 7.46. The molecule has 0 bridgehead atoms. The Morgan fingerprint density at radius 3 is 2.71 bits per heavy atom. The predicted octanol–water partition coefficient (Wildman–Crippen LogP) is 2.26. The first-order valence-electron chi connectivity index (χ1n) is 7.92. The van der Waals surface area contributed by atoms with Crippen LogP contribution in [0.4, 0.5) is 0 Å². The monoisotopic (exact) mass is 364 g/mol. The quantitative estimate of drug-likeness (QED) is 0.800. The topological polar surface area (TPSA) is 66.5 Å². The van der Waals surface area contributed by atoms with Gasteiger partial charge in [-0.2, -0.15) is 4.31 Å². The zero-order chi connectivity index (χ0) is 17.0. The molecule has 1 N–H and O–H groups in total. The van der Waals surface area contributed by atoms with Crippen LogP contribution in [0.2, 0.25) is 0 Å². The van der Waals surface area contributed by atoms with Gasteiger partial charge in [0.15, 0.2) is 0 Å². The molecule has 0 spiro atoms. The highest BCUT2D eigenvalue weighted by atomic mass is 32.2. The molecule has 0 saturated carbocycles. The molecular weight excluding hydrogens is 344 g/mol. The minimum atomic E-state index is -3.29. The van der Waals surface area contributed by atoms with E-state index in [9.17, 15) is 13.2 Å². The lowest BCUT2D eigenvalue weighted by atomic mass is 10.0. The van der Waals surface area contributed by atoms with E-state index in [4.69, 9.17) is 0 Å². The Labute approximate surface area is 146 Å². The summed E-state index contributed by atoms with van der Waals surface area (Å²) in [6, 6.07) is 11.5. The van der Waals surface area contributed by atoms with Gasteiger partial charge in [-0.1, -0.05) is 30.3 Å². The van der Waals surface area contributed by atoms with Crippen LogP contribution in [-0.2, 0) is 23.0 Å². The van der Waals surface area contributed by atoms with Crippen molar-refractivity contribution in [3.63, 3.8) is 0 Å². The molecule has 7 heteroatoms. The van der Waals surface area contributed by atoms with Crippen LogP contribution >= 0.6 is 11.3 Å². The second-order valence-electron chi connectivity index (χ2n) is 5.76. The number of carbonyl (C=O) groups is 1. The van der Waals surface area contributed by atoms with Crippen molar-refractivity contribution in [2.24, 2.45) is 0 Å². The molecule has 2 aromatic rings. The van der Waals surface area contributed by atoms with Gasteiger partial charge in [0.2, 0.25) is 10.0 Å². The Morgan fingerprint density at radius 1 is 1.17 bits per heavy atom. The summed E-state index contributed by atoms with van der Waals surface area (Å²) in [7, 11) is -3.29. The summed E-state index contributed by atoms with van der Waals surface area (Å²) in [5.41, 5.74) is 2.31. The number of rotatable bonds is 6. The van der Waals surface area contributed by atoms with Crippen LogP contribution < -0.4 is 5.32 Å². The van der Waals surface area contributed by atoms with Gasteiger partial charge in [-0.25, -0.2) is 8.42 Å². The third-order valence-corrected chi connectivity index (χ3v) is 6.87. The van der Waals surface area contributed by atoms with E-state index in [-0.39, 0.29) is 11.7 Å². The third-order valence-electron chi connectivity index (χ3n) is 4.10. The first kappa shape index (κ1) is 17.1. The maximum Gasteiger partial charge on any atom is 0.261 e. The van der Waals surface area contributed by atoms with Gasteiger partial charge in [-0.3, -0.25) is 4.79 Å². The first-order valence-corrected chi connectivity index (χ1v) is 10.4. The van der Waals surface area contributed by atoms with Gasteiger partial charge < -0.3 is 5.32 Å². The summed E-state index contributed by atoms with van der Waals surface area (Å²) in [6.45, 7) is 1.33. The first-order chi connectivity index (χ1) is 11.6. The highest BCUT2D eigenvalue weighted by molar-refractivity contribution is 7.89. The molecule has 0 unspecified atom stereocenters. The molecule has 1 aromatic heterocycles. The largest absolute Gasteiger partial charge is 0.351 e. The number of carbonyl (C=O) groups excluding carboxylic acids is 1. The molecule has 24 heavy (non-hydrogen) atoms. The molecule has 0 aliphatic carbocycles. The second-order valence-corrected chi connectivity index (χ2v) is 8.79. The molecular formula is C17H20N2O3S2. The van der Waals surface area contributed by atoms with Crippen LogP contribution in [0.5, 0.6) is 0 Å². The van der Waals surface area contributed by atoms with E-state index in [0.717, 1.165) is 12.0 Å². The van der Waals surface area contributed by atoms with Crippen molar-refractivity contribution in [1.82, 2.24) is 9.62 Å². The molecule has 2 heterocycles. The third kappa shape index (κ3) is 4.03. The van der Waals surface area contributed by atoms with Gasteiger partial charge in [0, 0.05) is 19.6 Å². The van der Waals surface area contributed by atoms with Crippen LogP contribution in [0.1, 0.15) is 27.2 Å². The number of hydrogen-bond donors (Lipinski definition) is 1. The fourth-order valence-electron chi connectivity index (χ4n) is 2.79. The summed E-state index contributed by atoms with van der Waals surface area (Å²) in [4.78, 5) is 12.5. The number of hydrogen-bond acceptors (Lipinski definition) is 4. The molecule has 0 radical (unpaired) electrons. The van der Waals surface area contributed by atoms with Crippen molar-refractivity contribution >= 4 is 27.3 Å². The normalized spacial score (nSPS) is 15.0. The van der Waals surface area contributed by atoms with E-state index in [0.29, 0.717) is 30.9 Å². The van der Waals surface area contributed by atoms with Gasteiger partial charge >= 0.3 is 0 Å². The Kier molecular flexibility index (Phi) is 5.33. The number of nitrogens with one attached hydrogen (secondary N) is 1. The van der Waals surface area contributed by atoms with Gasteiger partial charge in [0.05, 0.1) is 10.6 Å². The number of benzene rings is 1. The summed E-state index contributed by atoms with van der Waals surface area (Å²) in [5.74, 6) is -0.0887. The van der Waals surface area contributed by atoms with Gasteiger partial charge in [0.1, 0.15) is 0 Å². The minimum absolute atomic E-state index is 0.0554. The van der Waals surface area contributed by atoms with E-state index in [2.05, 4.69) is 11.4 Å². The molecule has 5 nitrogen and oxygen atoms in total.